The predicted octanol–water partition coefficient (Wildman–Crippen LogP) is 4.29. The van der Waals surface area contributed by atoms with Crippen molar-refractivity contribution in [3.8, 4) is 0 Å². The van der Waals surface area contributed by atoms with E-state index >= 15 is 0 Å². The van der Waals surface area contributed by atoms with E-state index in [-0.39, 0.29) is 11.3 Å². The second-order valence-corrected chi connectivity index (χ2v) is 7.20. The molecule has 0 unspecified atom stereocenters. The number of aliphatic hydroxyl groups excluding tert-OH is 1. The van der Waals surface area contributed by atoms with Gasteiger partial charge < -0.3 is 5.11 Å². The minimum atomic E-state index is -0.584. The zero-order chi connectivity index (χ0) is 16.7. The maximum absolute atomic E-state index is 12.8. The largest absolute Gasteiger partial charge is 0.512 e. The van der Waals surface area contributed by atoms with Gasteiger partial charge in [-0.25, -0.2) is 4.98 Å². The number of rotatable bonds is 5. The quantitative estimate of drug-likeness (QED) is 0.837. The Bertz CT molecular complexity index is 812. The van der Waals surface area contributed by atoms with Crippen LogP contribution in [0.5, 0.6) is 0 Å². The zero-order valence-corrected chi connectivity index (χ0v) is 14.4. The number of fused-ring (bicyclic) bond motifs is 1. The number of nitrogens with zero attached hydrogens (tertiary/aromatic N) is 2. The van der Waals surface area contributed by atoms with Crippen molar-refractivity contribution in [2.24, 2.45) is 5.41 Å². The number of aromatic nitrogens is 2. The molecule has 0 spiro atoms. The molecular formula is C17H22N2O2S. The molecule has 0 atom stereocenters. The highest BCUT2D eigenvalue weighted by molar-refractivity contribution is 7.19. The van der Waals surface area contributed by atoms with Gasteiger partial charge in [0.2, 0.25) is 0 Å². The normalized spacial score (nSPS) is 11.8. The molecule has 0 saturated heterocycles. The van der Waals surface area contributed by atoms with E-state index in [9.17, 15) is 9.90 Å². The van der Waals surface area contributed by atoms with Crippen LogP contribution in [0.25, 0.3) is 15.8 Å². The zero-order valence-electron chi connectivity index (χ0n) is 13.6. The minimum absolute atomic E-state index is 0.0570. The van der Waals surface area contributed by atoms with E-state index in [1.807, 2.05) is 27.7 Å². The molecule has 0 saturated carbocycles. The Labute approximate surface area is 134 Å². The Morgan fingerprint density at radius 2 is 2.09 bits per heavy atom. The molecule has 2 rings (SSSR count). The van der Waals surface area contributed by atoms with Crippen LogP contribution in [-0.4, -0.2) is 14.7 Å². The molecule has 0 aliphatic rings. The average molecular weight is 318 g/mol. The topological polar surface area (TPSA) is 55.1 Å². The van der Waals surface area contributed by atoms with Crippen LogP contribution < -0.4 is 5.56 Å². The molecule has 118 valence electrons. The van der Waals surface area contributed by atoms with Crippen LogP contribution in [0.3, 0.4) is 0 Å². The van der Waals surface area contributed by atoms with Crippen LogP contribution >= 0.6 is 11.3 Å². The van der Waals surface area contributed by atoms with Crippen LogP contribution in [0.2, 0.25) is 0 Å². The molecule has 2 heterocycles. The number of allylic oxidation sites excluding steroid dienone is 2. The molecule has 4 nitrogen and oxygen atoms in total. The third-order valence-corrected chi connectivity index (χ3v) is 5.31. The number of thiophene rings is 1. The third-order valence-electron chi connectivity index (χ3n) is 4.01. The standard InChI is InChI=1S/C17H22N2O2S/c1-7-10(2)14-11(3)13-15(22-14)18-9-19(16(13)21)8-17(5,6)12(4)20/h9,20H,2,4,7-8H2,1,3,5-6H3. The van der Waals surface area contributed by atoms with E-state index in [4.69, 9.17) is 0 Å². The van der Waals surface area contributed by atoms with E-state index in [1.54, 1.807) is 10.9 Å². The van der Waals surface area contributed by atoms with Crippen LogP contribution in [0.1, 0.15) is 37.6 Å². The van der Waals surface area contributed by atoms with Gasteiger partial charge in [0, 0.05) is 16.8 Å². The Kier molecular flexibility index (Phi) is 4.29. The second kappa shape index (κ2) is 5.72. The Balaban J connectivity index is 2.60. The van der Waals surface area contributed by atoms with Gasteiger partial charge in [-0.05, 0) is 24.5 Å². The lowest BCUT2D eigenvalue weighted by molar-refractivity contribution is 0.230. The SMILES string of the molecule is C=C(CC)c1sc2ncn(CC(C)(C)C(=C)O)c(=O)c2c1C. The summed E-state index contributed by atoms with van der Waals surface area (Å²) in [5.74, 6) is 0.0570. The summed E-state index contributed by atoms with van der Waals surface area (Å²) >= 11 is 1.51. The smallest absolute Gasteiger partial charge is 0.262 e. The van der Waals surface area contributed by atoms with Crippen LogP contribution in [-0.2, 0) is 6.54 Å². The highest BCUT2D eigenvalue weighted by Crippen LogP contribution is 2.33. The van der Waals surface area contributed by atoms with Gasteiger partial charge in [0.1, 0.15) is 4.83 Å². The summed E-state index contributed by atoms with van der Waals surface area (Å²) in [5.41, 5.74) is 1.30. The fourth-order valence-corrected chi connectivity index (χ4v) is 3.47. The molecule has 0 aromatic carbocycles. The average Bonchev–Trinajstić information content (AvgIpc) is 2.78. The van der Waals surface area contributed by atoms with Gasteiger partial charge in [0.25, 0.3) is 5.56 Å². The van der Waals surface area contributed by atoms with Gasteiger partial charge in [-0.1, -0.05) is 33.9 Å². The first-order valence-corrected chi connectivity index (χ1v) is 8.05. The van der Waals surface area contributed by atoms with Crippen LogP contribution in [0, 0.1) is 12.3 Å². The molecule has 22 heavy (non-hydrogen) atoms. The fourth-order valence-electron chi connectivity index (χ4n) is 2.29. The van der Waals surface area contributed by atoms with Gasteiger partial charge in [-0.2, -0.15) is 0 Å². The molecule has 0 bridgehead atoms. The summed E-state index contributed by atoms with van der Waals surface area (Å²) in [6.45, 7) is 15.7. The van der Waals surface area contributed by atoms with E-state index in [0.717, 1.165) is 27.3 Å². The monoisotopic (exact) mass is 318 g/mol. The molecule has 0 aliphatic heterocycles. The van der Waals surface area contributed by atoms with E-state index in [1.165, 1.54) is 11.3 Å². The van der Waals surface area contributed by atoms with Crippen molar-refractivity contribution in [3.63, 3.8) is 0 Å². The number of aryl methyl sites for hydroxylation is 1. The summed E-state index contributed by atoms with van der Waals surface area (Å²) in [4.78, 5) is 19.0. The van der Waals surface area contributed by atoms with Crippen molar-refractivity contribution in [1.82, 2.24) is 9.55 Å². The first kappa shape index (κ1) is 16.5. The second-order valence-electron chi connectivity index (χ2n) is 6.20. The number of aliphatic hydroxyl groups is 1. The van der Waals surface area contributed by atoms with E-state index in [0.29, 0.717) is 11.9 Å². The van der Waals surface area contributed by atoms with Gasteiger partial charge in [0.15, 0.2) is 0 Å². The van der Waals surface area contributed by atoms with Gasteiger partial charge in [0.05, 0.1) is 17.5 Å². The Hall–Kier alpha value is -1.88. The molecule has 2 aromatic rings. The molecule has 1 N–H and O–H groups in total. The van der Waals surface area contributed by atoms with E-state index in [2.05, 4.69) is 18.1 Å². The molecule has 5 heteroatoms. The van der Waals surface area contributed by atoms with Crippen molar-refractivity contribution in [2.45, 2.75) is 40.7 Å². The predicted molar refractivity (Wildman–Crippen MR) is 93.5 cm³/mol. The van der Waals surface area contributed by atoms with Crippen molar-refractivity contribution in [3.05, 3.63) is 46.0 Å². The highest BCUT2D eigenvalue weighted by Gasteiger charge is 2.24. The highest BCUT2D eigenvalue weighted by atomic mass is 32.1. The summed E-state index contributed by atoms with van der Waals surface area (Å²) in [7, 11) is 0. The maximum Gasteiger partial charge on any atom is 0.262 e. The number of hydrogen-bond acceptors (Lipinski definition) is 4. The third kappa shape index (κ3) is 2.73. The Morgan fingerprint density at radius 1 is 1.45 bits per heavy atom. The summed E-state index contributed by atoms with van der Waals surface area (Å²) in [6.07, 6.45) is 2.39. The van der Waals surface area contributed by atoms with Gasteiger partial charge in [-0.15, -0.1) is 11.3 Å². The van der Waals surface area contributed by atoms with Crippen molar-refractivity contribution in [1.29, 1.82) is 0 Å². The minimum Gasteiger partial charge on any atom is -0.512 e. The molecule has 0 aliphatic carbocycles. The van der Waals surface area contributed by atoms with Crippen molar-refractivity contribution >= 4 is 27.1 Å². The first-order valence-electron chi connectivity index (χ1n) is 7.24. The molecule has 0 radical (unpaired) electrons. The lowest BCUT2D eigenvalue weighted by Gasteiger charge is -2.23. The van der Waals surface area contributed by atoms with Crippen LogP contribution in [0.15, 0.2) is 30.0 Å². The summed E-state index contributed by atoms with van der Waals surface area (Å²) in [6, 6.07) is 0. The lowest BCUT2D eigenvalue weighted by atomic mass is 9.91. The Morgan fingerprint density at radius 3 is 2.64 bits per heavy atom. The fraction of sp³-hybridized carbons (Fsp3) is 0.412. The van der Waals surface area contributed by atoms with E-state index < -0.39 is 5.41 Å². The van der Waals surface area contributed by atoms with Gasteiger partial charge >= 0.3 is 0 Å². The summed E-state index contributed by atoms with van der Waals surface area (Å²) < 4.78 is 1.54. The lowest BCUT2D eigenvalue weighted by Crippen LogP contribution is -2.29. The summed E-state index contributed by atoms with van der Waals surface area (Å²) in [5, 5.41) is 10.3. The van der Waals surface area contributed by atoms with Crippen molar-refractivity contribution < 1.29 is 5.11 Å². The molecule has 2 aromatic heterocycles. The molecule has 0 fully saturated rings. The molecular weight excluding hydrogens is 296 g/mol. The first-order chi connectivity index (χ1) is 10.2. The maximum atomic E-state index is 12.8. The van der Waals surface area contributed by atoms with Crippen molar-refractivity contribution in [2.75, 3.05) is 0 Å². The van der Waals surface area contributed by atoms with Gasteiger partial charge in [-0.3, -0.25) is 9.36 Å². The number of hydrogen-bond donors (Lipinski definition) is 1. The molecule has 0 amide bonds. The van der Waals surface area contributed by atoms with Crippen LogP contribution in [0.4, 0.5) is 0 Å².